The van der Waals surface area contributed by atoms with Crippen molar-refractivity contribution in [3.05, 3.63) is 11.6 Å². The van der Waals surface area contributed by atoms with Gasteiger partial charge in [0, 0.05) is 0 Å². The highest BCUT2D eigenvalue weighted by atomic mass is 16.4. The number of fused-ring (bicyclic) bond motifs is 7. The lowest BCUT2D eigenvalue weighted by molar-refractivity contribution is -0.203. The summed E-state index contributed by atoms with van der Waals surface area (Å²) >= 11 is 0. The molecule has 0 aromatic carbocycles. The van der Waals surface area contributed by atoms with Gasteiger partial charge in [0.1, 0.15) is 0 Å². The van der Waals surface area contributed by atoms with E-state index in [4.69, 9.17) is 0 Å². The van der Waals surface area contributed by atoms with Crippen molar-refractivity contribution in [2.75, 3.05) is 0 Å². The standard InChI is InChI=1S/C30H48O3/c1-25(2)21-10-13-30(7)22(28(21,5)12-11-23(25)31)9-8-19-20-18-27(4,24(32)33)15-14-26(20,3)16-17-29(19,30)6/h8,20-23,31H,9-18H2,1-7H3,(H,32,33)/t20-,21-,22+,23-,26-,27+,28?,29-,30-/m1/s1. The summed E-state index contributed by atoms with van der Waals surface area (Å²) in [5, 5.41) is 20.9. The fourth-order valence-corrected chi connectivity index (χ4v) is 10.5. The number of aliphatic hydroxyl groups is 1. The minimum Gasteiger partial charge on any atom is -0.481 e. The van der Waals surface area contributed by atoms with Gasteiger partial charge in [-0.1, -0.05) is 53.2 Å². The van der Waals surface area contributed by atoms with E-state index >= 15 is 0 Å². The number of carbonyl (C=O) groups is 1. The third-order valence-electron chi connectivity index (χ3n) is 13.3. The molecule has 9 atom stereocenters. The Bertz CT molecular complexity index is 889. The van der Waals surface area contributed by atoms with Gasteiger partial charge in [0.2, 0.25) is 0 Å². The Morgan fingerprint density at radius 2 is 1.55 bits per heavy atom. The van der Waals surface area contributed by atoms with Gasteiger partial charge < -0.3 is 10.2 Å². The van der Waals surface area contributed by atoms with Crippen LogP contribution in [0.5, 0.6) is 0 Å². The fraction of sp³-hybridized carbons (Fsp3) is 0.900. The Morgan fingerprint density at radius 1 is 0.879 bits per heavy atom. The van der Waals surface area contributed by atoms with Gasteiger partial charge in [0.25, 0.3) is 0 Å². The Hall–Kier alpha value is -0.830. The van der Waals surface area contributed by atoms with Crippen LogP contribution in [0, 0.1) is 50.2 Å². The molecule has 0 aliphatic heterocycles. The summed E-state index contributed by atoms with van der Waals surface area (Å²) in [6.45, 7) is 16.8. The molecular weight excluding hydrogens is 408 g/mol. The molecule has 0 amide bonds. The second-order valence-corrected chi connectivity index (χ2v) is 14.9. The van der Waals surface area contributed by atoms with Crippen LogP contribution in [0.4, 0.5) is 0 Å². The van der Waals surface area contributed by atoms with Crippen molar-refractivity contribution in [2.24, 2.45) is 50.2 Å². The lowest BCUT2D eigenvalue weighted by Gasteiger charge is -2.71. The predicted octanol–water partition coefficient (Wildman–Crippen LogP) is 7.23. The van der Waals surface area contributed by atoms with Crippen LogP contribution in [-0.2, 0) is 4.79 Å². The highest BCUT2D eigenvalue weighted by Crippen LogP contribution is 2.75. The minimum absolute atomic E-state index is 0.0168. The molecule has 0 heterocycles. The van der Waals surface area contributed by atoms with E-state index in [2.05, 4.69) is 47.6 Å². The number of hydrogen-bond acceptors (Lipinski definition) is 2. The molecule has 0 bridgehead atoms. The number of aliphatic hydroxyl groups excluding tert-OH is 1. The first-order valence-electron chi connectivity index (χ1n) is 13.8. The van der Waals surface area contributed by atoms with Crippen LogP contribution >= 0.6 is 0 Å². The third-order valence-corrected chi connectivity index (χ3v) is 13.3. The van der Waals surface area contributed by atoms with E-state index in [0.29, 0.717) is 17.8 Å². The van der Waals surface area contributed by atoms with Crippen LogP contribution in [0.2, 0.25) is 0 Å². The van der Waals surface area contributed by atoms with Crippen LogP contribution in [0.25, 0.3) is 0 Å². The summed E-state index contributed by atoms with van der Waals surface area (Å²) in [7, 11) is 0. The molecule has 0 radical (unpaired) electrons. The first-order chi connectivity index (χ1) is 15.1. The summed E-state index contributed by atoms with van der Waals surface area (Å²) < 4.78 is 0. The topological polar surface area (TPSA) is 57.5 Å². The molecule has 0 aromatic heterocycles. The maximum Gasteiger partial charge on any atom is 0.309 e. The Labute approximate surface area is 201 Å². The maximum atomic E-state index is 12.2. The Balaban J connectivity index is 1.57. The molecule has 1 unspecified atom stereocenters. The molecule has 5 aliphatic rings. The SMILES string of the molecule is CC1(C)[C@H](O)CCC2(C)[C@@H]1CC[C@]1(C)[C@H]2CC=C2[C@H]3C[C@@](C)(C(=O)O)CC[C@]3(C)CC[C@]21C. The third kappa shape index (κ3) is 2.87. The van der Waals surface area contributed by atoms with Gasteiger partial charge in [-0.15, -0.1) is 0 Å². The normalized spacial score (nSPS) is 55.3. The van der Waals surface area contributed by atoms with E-state index < -0.39 is 11.4 Å². The van der Waals surface area contributed by atoms with E-state index in [1.165, 1.54) is 25.7 Å². The zero-order valence-corrected chi connectivity index (χ0v) is 22.3. The average molecular weight is 457 g/mol. The molecule has 5 aliphatic carbocycles. The van der Waals surface area contributed by atoms with Crippen molar-refractivity contribution in [2.45, 2.75) is 119 Å². The van der Waals surface area contributed by atoms with E-state index in [9.17, 15) is 15.0 Å². The van der Waals surface area contributed by atoms with Gasteiger partial charge in [-0.25, -0.2) is 0 Å². The number of aliphatic carboxylic acids is 1. The van der Waals surface area contributed by atoms with E-state index in [0.717, 1.165) is 38.5 Å². The van der Waals surface area contributed by atoms with E-state index in [-0.39, 0.29) is 33.2 Å². The Morgan fingerprint density at radius 3 is 2.21 bits per heavy atom. The van der Waals surface area contributed by atoms with Gasteiger partial charge in [0.05, 0.1) is 11.5 Å². The Kier molecular flexibility index (Phi) is 4.99. The number of allylic oxidation sites excluding steroid dienone is 2. The molecule has 2 N–H and O–H groups in total. The van der Waals surface area contributed by atoms with Crippen molar-refractivity contribution in [1.82, 2.24) is 0 Å². The smallest absolute Gasteiger partial charge is 0.309 e. The predicted molar refractivity (Wildman–Crippen MR) is 133 cm³/mol. The monoisotopic (exact) mass is 456 g/mol. The molecule has 4 fully saturated rings. The molecule has 33 heavy (non-hydrogen) atoms. The van der Waals surface area contributed by atoms with Gasteiger partial charge in [0.15, 0.2) is 0 Å². The summed E-state index contributed by atoms with van der Waals surface area (Å²) in [5.41, 5.74) is 1.94. The van der Waals surface area contributed by atoms with Gasteiger partial charge in [-0.3, -0.25) is 4.79 Å². The zero-order valence-electron chi connectivity index (χ0n) is 22.3. The summed E-state index contributed by atoms with van der Waals surface area (Å²) in [6.07, 6.45) is 13.2. The van der Waals surface area contributed by atoms with Crippen LogP contribution in [0.3, 0.4) is 0 Å². The van der Waals surface area contributed by atoms with Crippen molar-refractivity contribution in [1.29, 1.82) is 0 Å². The van der Waals surface area contributed by atoms with Crippen LogP contribution < -0.4 is 0 Å². The van der Waals surface area contributed by atoms with Gasteiger partial charge >= 0.3 is 5.97 Å². The maximum absolute atomic E-state index is 12.2. The highest BCUT2D eigenvalue weighted by Gasteiger charge is 2.68. The molecule has 4 saturated carbocycles. The molecule has 0 aromatic rings. The molecule has 3 heteroatoms. The number of carboxylic acid groups (broad SMARTS) is 1. The molecule has 0 saturated heterocycles. The molecule has 0 spiro atoms. The molecule has 3 nitrogen and oxygen atoms in total. The fourth-order valence-electron chi connectivity index (χ4n) is 10.5. The van der Waals surface area contributed by atoms with Crippen molar-refractivity contribution in [3.63, 3.8) is 0 Å². The minimum atomic E-state index is -0.603. The average Bonchev–Trinajstić information content (AvgIpc) is 2.73. The number of rotatable bonds is 1. The van der Waals surface area contributed by atoms with Gasteiger partial charge in [-0.2, -0.15) is 0 Å². The summed E-state index contributed by atoms with van der Waals surface area (Å²) in [5.74, 6) is 1.01. The first kappa shape index (κ1) is 23.9. The summed E-state index contributed by atoms with van der Waals surface area (Å²) in [4.78, 5) is 12.2. The summed E-state index contributed by atoms with van der Waals surface area (Å²) in [6, 6.07) is 0. The van der Waals surface area contributed by atoms with Crippen LogP contribution in [-0.4, -0.2) is 22.3 Å². The second kappa shape index (κ2) is 6.89. The quantitative estimate of drug-likeness (QED) is 0.409. The largest absolute Gasteiger partial charge is 0.481 e. The lowest BCUT2D eigenvalue weighted by atomic mass is 9.33. The van der Waals surface area contributed by atoms with Crippen LogP contribution in [0.15, 0.2) is 11.6 Å². The van der Waals surface area contributed by atoms with E-state index in [1.54, 1.807) is 5.57 Å². The van der Waals surface area contributed by atoms with Gasteiger partial charge in [-0.05, 0) is 116 Å². The second-order valence-electron chi connectivity index (χ2n) is 14.9. The van der Waals surface area contributed by atoms with Crippen molar-refractivity contribution in [3.8, 4) is 0 Å². The van der Waals surface area contributed by atoms with Crippen molar-refractivity contribution < 1.29 is 15.0 Å². The number of hydrogen-bond donors (Lipinski definition) is 2. The zero-order chi connectivity index (χ0) is 24.2. The van der Waals surface area contributed by atoms with Crippen LogP contribution in [0.1, 0.15) is 113 Å². The van der Waals surface area contributed by atoms with Crippen molar-refractivity contribution >= 4 is 5.97 Å². The molecule has 186 valence electrons. The number of carboxylic acids is 1. The highest BCUT2D eigenvalue weighted by molar-refractivity contribution is 5.74. The lowest BCUT2D eigenvalue weighted by Crippen LogP contribution is -2.64. The first-order valence-corrected chi connectivity index (χ1v) is 13.8. The molecular formula is C30H48O3. The molecule has 5 rings (SSSR count). The van der Waals surface area contributed by atoms with E-state index in [1.807, 2.05) is 6.92 Å².